The van der Waals surface area contributed by atoms with Crippen LogP contribution in [0.3, 0.4) is 0 Å². The molecule has 0 aliphatic rings. The first-order valence-electron chi connectivity index (χ1n) is 27.2. The Kier molecular flexibility index (Phi) is 47.9. The molecule has 0 saturated carbocycles. The molecule has 396 valence electrons. The van der Waals surface area contributed by atoms with E-state index < -0.39 is 24.3 Å². The first kappa shape index (κ1) is 65.7. The van der Waals surface area contributed by atoms with Gasteiger partial charge in [-0.25, -0.2) is 4.79 Å². The van der Waals surface area contributed by atoms with E-state index in [0.717, 1.165) is 122 Å². The summed E-state index contributed by atoms with van der Waals surface area (Å²) in [6, 6.07) is 0. The van der Waals surface area contributed by atoms with Crippen molar-refractivity contribution in [3.05, 3.63) is 122 Å². The number of allylic oxidation sites excluding steroid dienone is 20. The van der Waals surface area contributed by atoms with E-state index in [0.29, 0.717) is 23.9 Å². The first-order chi connectivity index (χ1) is 34.1. The lowest BCUT2D eigenvalue weighted by Crippen LogP contribution is -2.40. The molecule has 1 N–H and O–H groups in total. The van der Waals surface area contributed by atoms with Crippen LogP contribution >= 0.6 is 0 Å². The van der Waals surface area contributed by atoms with Gasteiger partial charge in [-0.2, -0.15) is 0 Å². The predicted octanol–water partition coefficient (Wildman–Crippen LogP) is 15.7. The van der Waals surface area contributed by atoms with Crippen LogP contribution in [0.25, 0.3) is 0 Å². The van der Waals surface area contributed by atoms with E-state index in [1.807, 2.05) is 21.1 Å². The number of hydrogen-bond acceptors (Lipinski definition) is 7. The number of carbonyl (C=O) groups excluding carboxylic acids is 2. The van der Waals surface area contributed by atoms with Crippen molar-refractivity contribution in [1.29, 1.82) is 0 Å². The van der Waals surface area contributed by atoms with E-state index in [1.165, 1.54) is 32.1 Å². The van der Waals surface area contributed by atoms with Crippen LogP contribution < -0.4 is 0 Å². The predicted molar refractivity (Wildman–Crippen MR) is 294 cm³/mol. The van der Waals surface area contributed by atoms with E-state index in [4.69, 9.17) is 18.9 Å². The fourth-order valence-electron chi connectivity index (χ4n) is 6.80. The van der Waals surface area contributed by atoms with Gasteiger partial charge in [0.1, 0.15) is 13.2 Å². The SMILES string of the molecule is CC/C=C\C/C=C\C/C=C\C/C=C\C/C=C\C/C=C\C/C=C\C/C=C\C/C=C\C/C=C\CCCCCCCCC(=O)OC(COC(=O)CCCCCCCCCC)COC(OCC[N+](C)(C)C)C(=O)O. The van der Waals surface area contributed by atoms with Crippen molar-refractivity contribution in [2.24, 2.45) is 0 Å². The minimum atomic E-state index is -1.52. The molecule has 9 heteroatoms. The van der Waals surface area contributed by atoms with Gasteiger partial charge in [-0.05, 0) is 89.9 Å². The molecule has 0 aromatic carbocycles. The largest absolute Gasteiger partial charge is 0.477 e. The number of unbranched alkanes of at least 4 members (excludes halogenated alkanes) is 13. The van der Waals surface area contributed by atoms with Gasteiger partial charge in [0.05, 0.1) is 34.4 Å². The number of carboxylic acid groups (broad SMARTS) is 1. The van der Waals surface area contributed by atoms with Crippen LogP contribution in [0.15, 0.2) is 122 Å². The molecular weight excluding hydrogens is 875 g/mol. The second-order valence-electron chi connectivity index (χ2n) is 18.8. The number of aliphatic carboxylic acids is 1. The number of nitrogens with zero attached hydrogens (tertiary/aromatic N) is 1. The number of hydrogen-bond donors (Lipinski definition) is 1. The van der Waals surface area contributed by atoms with Crippen molar-refractivity contribution in [3.8, 4) is 0 Å². The highest BCUT2D eigenvalue weighted by Crippen LogP contribution is 2.13. The zero-order chi connectivity index (χ0) is 51.3. The minimum absolute atomic E-state index is 0.179. The maximum Gasteiger partial charge on any atom is 0.361 e. The molecule has 0 spiro atoms. The molecule has 0 aliphatic heterocycles. The van der Waals surface area contributed by atoms with Crippen molar-refractivity contribution < 1.29 is 42.9 Å². The monoisotopic (exact) mass is 975 g/mol. The average Bonchev–Trinajstić information content (AvgIpc) is 3.33. The third kappa shape index (κ3) is 51.5. The van der Waals surface area contributed by atoms with Crippen LogP contribution in [0.5, 0.6) is 0 Å². The lowest BCUT2D eigenvalue weighted by atomic mass is 10.1. The summed E-state index contributed by atoms with van der Waals surface area (Å²) in [4.78, 5) is 37.1. The van der Waals surface area contributed by atoms with Crippen molar-refractivity contribution in [2.75, 3.05) is 47.5 Å². The van der Waals surface area contributed by atoms with E-state index in [9.17, 15) is 19.5 Å². The van der Waals surface area contributed by atoms with E-state index >= 15 is 0 Å². The summed E-state index contributed by atoms with van der Waals surface area (Å²) < 4.78 is 22.7. The molecule has 70 heavy (non-hydrogen) atoms. The Bertz CT molecular complexity index is 1560. The number of quaternary nitrogens is 1. The molecule has 0 radical (unpaired) electrons. The summed E-state index contributed by atoms with van der Waals surface area (Å²) in [6.07, 6.45) is 68.7. The molecule has 2 atom stereocenters. The highest BCUT2D eigenvalue weighted by atomic mass is 16.7. The first-order valence-corrected chi connectivity index (χ1v) is 27.2. The quantitative estimate of drug-likeness (QED) is 0.0211. The fourth-order valence-corrected chi connectivity index (χ4v) is 6.80. The number of carbonyl (C=O) groups is 3. The minimum Gasteiger partial charge on any atom is -0.477 e. The average molecular weight is 975 g/mol. The Morgan fingerprint density at radius 2 is 0.814 bits per heavy atom. The van der Waals surface area contributed by atoms with Gasteiger partial charge < -0.3 is 28.5 Å². The highest BCUT2D eigenvalue weighted by molar-refractivity contribution is 5.71. The molecule has 0 bridgehead atoms. The molecule has 0 aromatic rings. The van der Waals surface area contributed by atoms with Crippen molar-refractivity contribution in [3.63, 3.8) is 0 Å². The standard InChI is InChI=1S/C61H99NO8/c1-6-8-10-12-14-16-17-18-19-20-21-22-23-24-25-26-27-28-29-30-31-32-33-34-35-36-37-38-39-40-41-42-43-44-46-48-50-52-59(64)70-57(56-69-61(60(65)66)67-54-53-62(3,4)5)55-68-58(63)51-49-47-45-15-13-11-9-7-2/h8,10,14,16,18-19,21-22,24-25,27-28,30-31,33-34,36-37,39-40,57,61H,6-7,9,11-13,15,17,20,23,26,29,32,35,38,41-56H2,1-5H3/p+1/b10-8-,16-14-,19-18-,22-21-,25-24-,28-27-,31-30-,34-33-,37-36-,40-39-. The van der Waals surface area contributed by atoms with Crippen LogP contribution in [0, 0.1) is 0 Å². The van der Waals surface area contributed by atoms with Crippen LogP contribution in [0.4, 0.5) is 0 Å². The zero-order valence-electron chi connectivity index (χ0n) is 44.9. The van der Waals surface area contributed by atoms with Gasteiger partial charge in [-0.3, -0.25) is 9.59 Å². The molecule has 0 fully saturated rings. The molecule has 0 amide bonds. The summed E-state index contributed by atoms with van der Waals surface area (Å²) in [7, 11) is 5.94. The lowest BCUT2D eigenvalue weighted by Gasteiger charge is -2.25. The third-order valence-corrected chi connectivity index (χ3v) is 11.0. The van der Waals surface area contributed by atoms with Gasteiger partial charge >= 0.3 is 17.9 Å². The Morgan fingerprint density at radius 3 is 1.21 bits per heavy atom. The number of rotatable bonds is 48. The van der Waals surface area contributed by atoms with Crippen molar-refractivity contribution in [2.45, 2.75) is 200 Å². The topological polar surface area (TPSA) is 108 Å². The van der Waals surface area contributed by atoms with Crippen molar-refractivity contribution in [1.82, 2.24) is 0 Å². The molecule has 9 nitrogen and oxygen atoms in total. The smallest absolute Gasteiger partial charge is 0.361 e. The van der Waals surface area contributed by atoms with E-state index in [2.05, 4.69) is 135 Å². The maximum atomic E-state index is 12.8. The summed E-state index contributed by atoms with van der Waals surface area (Å²) in [5, 5.41) is 9.64. The summed E-state index contributed by atoms with van der Waals surface area (Å²) in [5.74, 6) is -2.05. The molecule has 0 aromatic heterocycles. The second-order valence-corrected chi connectivity index (χ2v) is 18.8. The van der Waals surface area contributed by atoms with Gasteiger partial charge in [0.25, 0.3) is 6.29 Å². The Hall–Kier alpha value is -4.31. The lowest BCUT2D eigenvalue weighted by molar-refractivity contribution is -0.870. The van der Waals surface area contributed by atoms with Gasteiger partial charge in [-0.1, -0.05) is 206 Å². The van der Waals surface area contributed by atoms with Crippen LogP contribution in [0.2, 0.25) is 0 Å². The Balaban J connectivity index is 4.17. The summed E-state index contributed by atoms with van der Waals surface area (Å²) in [5.41, 5.74) is 0. The van der Waals surface area contributed by atoms with E-state index in [-0.39, 0.29) is 32.2 Å². The Morgan fingerprint density at radius 1 is 0.443 bits per heavy atom. The molecule has 2 unspecified atom stereocenters. The van der Waals surface area contributed by atoms with Crippen LogP contribution in [-0.4, -0.2) is 87.4 Å². The molecule has 0 heterocycles. The molecule has 0 rings (SSSR count). The molecular formula is C61H100NO8+. The number of ether oxygens (including phenoxy) is 4. The number of esters is 2. The fraction of sp³-hybridized carbons (Fsp3) is 0.623. The van der Waals surface area contributed by atoms with E-state index in [1.54, 1.807) is 0 Å². The highest BCUT2D eigenvalue weighted by Gasteiger charge is 2.25. The second kappa shape index (κ2) is 51.1. The molecule has 0 saturated heterocycles. The van der Waals surface area contributed by atoms with Gasteiger partial charge in [0.2, 0.25) is 0 Å². The van der Waals surface area contributed by atoms with Gasteiger partial charge in [-0.15, -0.1) is 0 Å². The van der Waals surface area contributed by atoms with Gasteiger partial charge in [0.15, 0.2) is 6.10 Å². The number of likely N-dealkylation sites (N-methyl/N-ethyl adjacent to an activating group) is 1. The Labute approximate surface area is 427 Å². The van der Waals surface area contributed by atoms with Crippen LogP contribution in [0.1, 0.15) is 187 Å². The zero-order valence-corrected chi connectivity index (χ0v) is 44.9. The third-order valence-electron chi connectivity index (χ3n) is 11.0. The van der Waals surface area contributed by atoms with Crippen molar-refractivity contribution >= 4 is 17.9 Å². The normalized spacial score (nSPS) is 13.8. The summed E-state index contributed by atoms with van der Waals surface area (Å²) >= 11 is 0. The maximum absolute atomic E-state index is 12.8. The van der Waals surface area contributed by atoms with Crippen LogP contribution in [-0.2, 0) is 33.3 Å². The summed E-state index contributed by atoms with van der Waals surface area (Å²) in [6.45, 7) is 4.68. The molecule has 0 aliphatic carbocycles. The van der Waals surface area contributed by atoms with Gasteiger partial charge in [0, 0.05) is 12.8 Å². The number of carboxylic acids is 1.